The highest BCUT2D eigenvalue weighted by atomic mass is 32.2. The van der Waals surface area contributed by atoms with Gasteiger partial charge < -0.3 is 5.11 Å². The predicted molar refractivity (Wildman–Crippen MR) is 177 cm³/mol. The van der Waals surface area contributed by atoms with E-state index in [1.165, 1.54) is 39.8 Å². The Balaban J connectivity index is 1.68. The molecule has 3 amide bonds. The molecule has 3 heterocycles. The van der Waals surface area contributed by atoms with Gasteiger partial charge in [-0.05, 0) is 43.9 Å². The second kappa shape index (κ2) is 13.4. The second-order valence-electron chi connectivity index (χ2n) is 12.3. The lowest BCUT2D eigenvalue weighted by molar-refractivity contribution is -0.167. The van der Waals surface area contributed by atoms with Crippen LogP contribution in [0.5, 0.6) is 0 Å². The van der Waals surface area contributed by atoms with Gasteiger partial charge in [0.05, 0.1) is 28.9 Å². The van der Waals surface area contributed by atoms with Crippen molar-refractivity contribution in [2.45, 2.75) is 64.0 Å². The normalized spacial score (nSPS) is 19.2. The van der Waals surface area contributed by atoms with Crippen molar-refractivity contribution in [1.82, 2.24) is 19.9 Å². The molecule has 0 saturated heterocycles. The highest BCUT2D eigenvalue weighted by Crippen LogP contribution is 2.38. The summed E-state index contributed by atoms with van der Waals surface area (Å²) in [4.78, 5) is 52.7. The molecule has 5 rings (SSSR count). The molecule has 234 valence electrons. The molecule has 0 radical (unpaired) electrons. The Bertz CT molecular complexity index is 1590. The first-order valence-electron chi connectivity index (χ1n) is 15.1. The van der Waals surface area contributed by atoms with E-state index in [4.69, 9.17) is 0 Å². The van der Waals surface area contributed by atoms with E-state index < -0.39 is 30.0 Å². The number of nitrogens with zero attached hydrogens (tertiary/aromatic N) is 5. The number of rotatable bonds is 9. The number of aliphatic hydroxyl groups is 1. The third-order valence-electron chi connectivity index (χ3n) is 7.85. The van der Waals surface area contributed by atoms with Gasteiger partial charge in [0.15, 0.2) is 0 Å². The van der Waals surface area contributed by atoms with Gasteiger partial charge in [0.1, 0.15) is 12.1 Å². The average Bonchev–Trinajstić information content (AvgIpc) is 3.40. The number of aliphatic imine (C=N–C) groups is 1. The van der Waals surface area contributed by atoms with Crippen LogP contribution < -0.4 is 0 Å². The fourth-order valence-corrected chi connectivity index (χ4v) is 6.83. The van der Waals surface area contributed by atoms with Crippen LogP contribution in [0.2, 0.25) is 0 Å². The summed E-state index contributed by atoms with van der Waals surface area (Å²) in [7, 11) is 0. The molecule has 2 aromatic carbocycles. The van der Waals surface area contributed by atoms with Crippen LogP contribution in [0.15, 0.2) is 96.4 Å². The summed E-state index contributed by atoms with van der Waals surface area (Å²) < 4.78 is -0.208. The summed E-state index contributed by atoms with van der Waals surface area (Å²) in [5.74, 6) is -1.57. The molecule has 0 fully saturated rings. The maximum atomic E-state index is 14.8. The van der Waals surface area contributed by atoms with Gasteiger partial charge in [-0.3, -0.25) is 29.3 Å². The minimum Gasteiger partial charge on any atom is -0.384 e. The monoisotopic (exact) mass is 625 g/mol. The third kappa shape index (κ3) is 6.87. The van der Waals surface area contributed by atoms with Crippen molar-refractivity contribution in [1.29, 1.82) is 0 Å². The Morgan fingerprint density at radius 2 is 1.71 bits per heavy atom. The average molecular weight is 626 g/mol. The lowest BCUT2D eigenvalue weighted by atomic mass is 9.96. The maximum absolute atomic E-state index is 14.8. The SMILES string of the molecule is CC(=O)N([C@@H](Cc1ccccc1)C(O)C1=NCC(C)(C)S1)N1C(=O)C(C(C)C)N(C(=O)c2cccnc2)C=C1c1ccccc1. The fraction of sp³-hybridized carbons (Fsp3) is 0.343. The standard InChI is InChI=1S/C35H39N5O4S/c1-23(2)30-34(44)40(29(26-15-10-7-11-16-26)21-38(30)33(43)27-17-12-18-36-20-27)39(24(3)41)28(19-25-13-8-6-9-14-25)31(42)32-37-22-35(4,5)45-32/h6-18,20-21,23,28,30-31,42H,19,22H2,1-5H3/t28-,30?,31?/m0/s1. The summed E-state index contributed by atoms with van der Waals surface area (Å²) in [6.07, 6.45) is 3.80. The second-order valence-corrected chi connectivity index (χ2v) is 14.0. The van der Waals surface area contributed by atoms with Crippen LogP contribution in [0.4, 0.5) is 0 Å². The summed E-state index contributed by atoms with van der Waals surface area (Å²) in [6, 6.07) is 20.3. The number of pyridine rings is 1. The van der Waals surface area contributed by atoms with Crippen LogP contribution in [0.1, 0.15) is 56.1 Å². The van der Waals surface area contributed by atoms with Crippen LogP contribution in [-0.4, -0.2) is 77.3 Å². The van der Waals surface area contributed by atoms with E-state index in [1.54, 1.807) is 24.5 Å². The van der Waals surface area contributed by atoms with Crippen LogP contribution >= 0.6 is 11.8 Å². The van der Waals surface area contributed by atoms with Gasteiger partial charge >= 0.3 is 0 Å². The molecule has 1 aromatic heterocycles. The van der Waals surface area contributed by atoms with Gasteiger partial charge in [-0.15, -0.1) is 11.8 Å². The number of hydrazine groups is 1. The smallest absolute Gasteiger partial charge is 0.269 e. The summed E-state index contributed by atoms with van der Waals surface area (Å²) in [5, 5.41) is 15.3. The van der Waals surface area contributed by atoms with E-state index in [2.05, 4.69) is 23.8 Å². The van der Waals surface area contributed by atoms with Crippen molar-refractivity contribution >= 4 is 40.2 Å². The number of hydrogen-bond donors (Lipinski definition) is 1. The highest BCUT2D eigenvalue weighted by molar-refractivity contribution is 8.15. The van der Waals surface area contributed by atoms with Crippen LogP contribution in [0.25, 0.3) is 5.70 Å². The number of aliphatic hydroxyl groups excluding tert-OH is 1. The van der Waals surface area contributed by atoms with Crippen molar-refractivity contribution < 1.29 is 19.5 Å². The minimum absolute atomic E-state index is 0.208. The quantitative estimate of drug-likeness (QED) is 0.357. The molecule has 10 heteroatoms. The van der Waals surface area contributed by atoms with Crippen molar-refractivity contribution in [2.75, 3.05) is 6.54 Å². The lowest BCUT2D eigenvalue weighted by Crippen LogP contribution is -2.64. The van der Waals surface area contributed by atoms with E-state index in [0.717, 1.165) is 5.56 Å². The van der Waals surface area contributed by atoms with Crippen LogP contribution in [-0.2, 0) is 16.0 Å². The Hall–Kier alpha value is -4.28. The number of thioether (sulfide) groups is 1. The molecule has 0 saturated carbocycles. The molecule has 3 aromatic rings. The van der Waals surface area contributed by atoms with Gasteiger partial charge in [0.2, 0.25) is 5.91 Å². The Morgan fingerprint density at radius 3 is 2.27 bits per heavy atom. The van der Waals surface area contributed by atoms with Gasteiger partial charge in [0, 0.05) is 35.8 Å². The number of aromatic nitrogens is 1. The largest absolute Gasteiger partial charge is 0.384 e. The molecule has 2 unspecified atom stereocenters. The van der Waals surface area contributed by atoms with Crippen LogP contribution in [0, 0.1) is 5.92 Å². The first-order chi connectivity index (χ1) is 21.5. The Morgan fingerprint density at radius 1 is 1.04 bits per heavy atom. The molecule has 9 nitrogen and oxygen atoms in total. The van der Waals surface area contributed by atoms with Crippen LogP contribution in [0.3, 0.4) is 0 Å². The number of carbonyl (C=O) groups is 3. The Kier molecular flexibility index (Phi) is 9.55. The molecule has 3 atom stereocenters. The van der Waals surface area contributed by atoms with E-state index in [-0.39, 0.29) is 23.0 Å². The molecular formula is C35H39N5O4S. The zero-order valence-electron chi connectivity index (χ0n) is 26.2. The third-order valence-corrected chi connectivity index (χ3v) is 9.11. The molecular weight excluding hydrogens is 586 g/mol. The molecule has 2 aliphatic heterocycles. The van der Waals surface area contributed by atoms with E-state index in [1.807, 2.05) is 74.5 Å². The number of benzene rings is 2. The molecule has 0 bridgehead atoms. The number of amides is 3. The summed E-state index contributed by atoms with van der Waals surface area (Å²) >= 11 is 1.48. The zero-order valence-corrected chi connectivity index (χ0v) is 27.0. The van der Waals surface area contributed by atoms with Gasteiger partial charge in [-0.1, -0.05) is 74.5 Å². The summed E-state index contributed by atoms with van der Waals surface area (Å²) in [6.45, 7) is 9.77. The van der Waals surface area contributed by atoms with Gasteiger partial charge in [0.25, 0.3) is 11.8 Å². The maximum Gasteiger partial charge on any atom is 0.269 e. The molecule has 0 spiro atoms. The molecule has 2 aliphatic rings. The Labute approximate surface area is 268 Å². The minimum atomic E-state index is -1.17. The highest BCUT2D eigenvalue weighted by Gasteiger charge is 2.47. The zero-order chi connectivity index (χ0) is 32.3. The molecule has 0 aliphatic carbocycles. The van der Waals surface area contributed by atoms with Gasteiger partial charge in [-0.2, -0.15) is 0 Å². The van der Waals surface area contributed by atoms with E-state index >= 15 is 0 Å². The van der Waals surface area contributed by atoms with Crippen molar-refractivity contribution in [2.24, 2.45) is 10.9 Å². The lowest BCUT2D eigenvalue weighted by Gasteiger charge is -2.48. The van der Waals surface area contributed by atoms with Gasteiger partial charge in [-0.25, -0.2) is 10.0 Å². The van der Waals surface area contributed by atoms with E-state index in [0.29, 0.717) is 28.4 Å². The molecule has 45 heavy (non-hydrogen) atoms. The molecule has 1 N–H and O–H groups in total. The fourth-order valence-electron chi connectivity index (χ4n) is 5.73. The first-order valence-corrected chi connectivity index (χ1v) is 15.9. The topological polar surface area (TPSA) is 106 Å². The first kappa shape index (κ1) is 32.1. The van der Waals surface area contributed by atoms with Crippen molar-refractivity contribution in [3.05, 3.63) is 108 Å². The number of carbonyl (C=O) groups excluding carboxylic acids is 3. The summed E-state index contributed by atoms with van der Waals surface area (Å²) in [5.41, 5.74) is 2.20. The van der Waals surface area contributed by atoms with Crippen molar-refractivity contribution in [3.63, 3.8) is 0 Å². The van der Waals surface area contributed by atoms with Crippen molar-refractivity contribution in [3.8, 4) is 0 Å². The predicted octanol–water partition coefficient (Wildman–Crippen LogP) is 5.05. The van der Waals surface area contributed by atoms with E-state index in [9.17, 15) is 19.5 Å². The number of hydrogen-bond acceptors (Lipinski definition) is 7.